The van der Waals surface area contributed by atoms with E-state index in [0.29, 0.717) is 28.7 Å². The van der Waals surface area contributed by atoms with E-state index in [-0.39, 0.29) is 5.91 Å². The van der Waals surface area contributed by atoms with Crippen molar-refractivity contribution in [2.75, 3.05) is 11.9 Å². The first-order valence-corrected chi connectivity index (χ1v) is 7.43. The van der Waals surface area contributed by atoms with Crippen molar-refractivity contribution in [3.8, 4) is 0 Å². The van der Waals surface area contributed by atoms with E-state index >= 15 is 0 Å². The Morgan fingerprint density at radius 1 is 1.05 bits per heavy atom. The van der Waals surface area contributed by atoms with E-state index in [1.807, 2.05) is 31.2 Å². The molecule has 110 valence electrons. The number of carbonyl (C=O) groups excluding carboxylic acids is 1. The van der Waals surface area contributed by atoms with Gasteiger partial charge in [-0.25, -0.2) is 0 Å². The summed E-state index contributed by atoms with van der Waals surface area (Å²) >= 11 is 12.3. The van der Waals surface area contributed by atoms with Crippen LogP contribution in [0.1, 0.15) is 12.5 Å². The Morgan fingerprint density at radius 2 is 1.71 bits per heavy atom. The summed E-state index contributed by atoms with van der Waals surface area (Å²) in [5.41, 5.74) is 2.35. The third kappa shape index (κ3) is 4.13. The minimum absolute atomic E-state index is 0.0167. The van der Waals surface area contributed by atoms with E-state index in [1.165, 1.54) is 0 Å². The number of anilines is 2. The Labute approximate surface area is 134 Å². The van der Waals surface area contributed by atoms with Crippen molar-refractivity contribution in [3.63, 3.8) is 0 Å². The molecule has 2 aromatic carbocycles. The fourth-order valence-electron chi connectivity index (χ4n) is 1.98. The lowest BCUT2D eigenvalue weighted by Gasteiger charge is -2.14. The van der Waals surface area contributed by atoms with E-state index in [4.69, 9.17) is 23.2 Å². The molecule has 0 aromatic heterocycles. The van der Waals surface area contributed by atoms with Gasteiger partial charge in [0.25, 0.3) is 0 Å². The normalized spacial score (nSPS) is 10.2. The summed E-state index contributed by atoms with van der Waals surface area (Å²) in [4.78, 5) is 11.8. The summed E-state index contributed by atoms with van der Waals surface area (Å²) in [5.74, 6) is -0.0167. The highest BCUT2D eigenvalue weighted by molar-refractivity contribution is 6.39. The standard InChI is InChI=1S/C16H16Cl2N2O/c1-2-19-15(21)10-11-6-3-4-9-14(11)20-16-12(17)7-5-8-13(16)18/h3-9,20H,2,10H2,1H3,(H,19,21). The molecule has 2 N–H and O–H groups in total. The van der Waals surface area contributed by atoms with Crippen LogP contribution in [0, 0.1) is 0 Å². The molecule has 0 unspecified atom stereocenters. The van der Waals surface area contributed by atoms with Gasteiger partial charge in [-0.2, -0.15) is 0 Å². The van der Waals surface area contributed by atoms with E-state index in [2.05, 4.69) is 10.6 Å². The number of amides is 1. The lowest BCUT2D eigenvalue weighted by Crippen LogP contribution is -2.24. The van der Waals surface area contributed by atoms with Crippen molar-refractivity contribution in [2.24, 2.45) is 0 Å². The number of likely N-dealkylation sites (N-methyl/N-ethyl adjacent to an activating group) is 1. The fourth-order valence-corrected chi connectivity index (χ4v) is 2.47. The van der Waals surface area contributed by atoms with Crippen LogP contribution in [0.15, 0.2) is 42.5 Å². The summed E-state index contributed by atoms with van der Waals surface area (Å²) in [7, 11) is 0. The molecule has 0 spiro atoms. The highest BCUT2D eigenvalue weighted by Crippen LogP contribution is 2.33. The topological polar surface area (TPSA) is 41.1 Å². The van der Waals surface area contributed by atoms with Crippen molar-refractivity contribution in [1.82, 2.24) is 5.32 Å². The van der Waals surface area contributed by atoms with E-state index in [9.17, 15) is 4.79 Å². The molecule has 0 saturated heterocycles. The lowest BCUT2D eigenvalue weighted by molar-refractivity contribution is -0.120. The monoisotopic (exact) mass is 322 g/mol. The number of benzene rings is 2. The summed E-state index contributed by atoms with van der Waals surface area (Å²) < 4.78 is 0. The highest BCUT2D eigenvalue weighted by atomic mass is 35.5. The van der Waals surface area contributed by atoms with Crippen LogP contribution >= 0.6 is 23.2 Å². The molecule has 0 radical (unpaired) electrons. The predicted octanol–water partition coefficient (Wildman–Crippen LogP) is 4.42. The number of halogens is 2. The molecule has 0 heterocycles. The molecule has 2 rings (SSSR count). The van der Waals surface area contributed by atoms with Crippen molar-refractivity contribution in [2.45, 2.75) is 13.3 Å². The number of rotatable bonds is 5. The zero-order chi connectivity index (χ0) is 15.2. The Kier molecular flexibility index (Phi) is 5.48. The van der Waals surface area contributed by atoms with Gasteiger partial charge in [0.05, 0.1) is 22.2 Å². The first-order valence-electron chi connectivity index (χ1n) is 6.67. The smallest absolute Gasteiger partial charge is 0.224 e. The Hall–Kier alpha value is -1.71. The van der Waals surface area contributed by atoms with Gasteiger partial charge in [-0.15, -0.1) is 0 Å². The molecule has 0 aliphatic carbocycles. The first-order chi connectivity index (χ1) is 10.1. The molecule has 0 atom stereocenters. The van der Waals surface area contributed by atoms with Crippen LogP contribution in [-0.2, 0) is 11.2 Å². The van der Waals surface area contributed by atoms with Gasteiger partial charge in [0, 0.05) is 12.2 Å². The van der Waals surface area contributed by atoms with Crippen LogP contribution in [-0.4, -0.2) is 12.5 Å². The second-order valence-electron chi connectivity index (χ2n) is 4.51. The van der Waals surface area contributed by atoms with Crippen LogP contribution in [0.25, 0.3) is 0 Å². The van der Waals surface area contributed by atoms with Gasteiger partial charge in [0.2, 0.25) is 5.91 Å². The van der Waals surface area contributed by atoms with Gasteiger partial charge in [-0.1, -0.05) is 47.5 Å². The average Bonchev–Trinajstić information content (AvgIpc) is 2.45. The molecule has 0 saturated carbocycles. The molecule has 0 aliphatic rings. The molecular formula is C16H16Cl2N2O. The van der Waals surface area contributed by atoms with E-state index in [0.717, 1.165) is 11.3 Å². The fraction of sp³-hybridized carbons (Fsp3) is 0.188. The molecular weight excluding hydrogens is 307 g/mol. The number of nitrogens with one attached hydrogen (secondary N) is 2. The molecule has 1 amide bonds. The minimum Gasteiger partial charge on any atom is -0.356 e. The quantitative estimate of drug-likeness (QED) is 0.855. The largest absolute Gasteiger partial charge is 0.356 e. The maximum absolute atomic E-state index is 11.8. The highest BCUT2D eigenvalue weighted by Gasteiger charge is 2.10. The van der Waals surface area contributed by atoms with Gasteiger partial charge >= 0.3 is 0 Å². The second kappa shape index (κ2) is 7.34. The van der Waals surface area contributed by atoms with Gasteiger partial charge in [0.15, 0.2) is 0 Å². The molecule has 0 fully saturated rings. The SMILES string of the molecule is CCNC(=O)Cc1ccccc1Nc1c(Cl)cccc1Cl. The maximum Gasteiger partial charge on any atom is 0.224 e. The molecule has 2 aromatic rings. The van der Waals surface area contributed by atoms with Gasteiger partial charge < -0.3 is 10.6 Å². The second-order valence-corrected chi connectivity index (χ2v) is 5.32. The summed E-state index contributed by atoms with van der Waals surface area (Å²) in [6.07, 6.45) is 0.305. The van der Waals surface area contributed by atoms with Crippen LogP contribution < -0.4 is 10.6 Å². The van der Waals surface area contributed by atoms with Crippen molar-refractivity contribution < 1.29 is 4.79 Å². The lowest BCUT2D eigenvalue weighted by atomic mass is 10.1. The van der Waals surface area contributed by atoms with Gasteiger partial charge in [0.1, 0.15) is 0 Å². The van der Waals surface area contributed by atoms with Crippen molar-refractivity contribution in [3.05, 3.63) is 58.1 Å². The zero-order valence-corrected chi connectivity index (χ0v) is 13.1. The third-order valence-corrected chi connectivity index (χ3v) is 3.59. The molecule has 0 aliphatic heterocycles. The van der Waals surface area contributed by atoms with Crippen molar-refractivity contribution in [1.29, 1.82) is 0 Å². The maximum atomic E-state index is 11.8. The van der Waals surface area contributed by atoms with Crippen LogP contribution in [0.3, 0.4) is 0 Å². The Morgan fingerprint density at radius 3 is 2.38 bits per heavy atom. The Balaban J connectivity index is 2.26. The third-order valence-electron chi connectivity index (χ3n) is 2.96. The molecule has 3 nitrogen and oxygen atoms in total. The van der Waals surface area contributed by atoms with Crippen LogP contribution in [0.4, 0.5) is 11.4 Å². The first kappa shape index (κ1) is 15.7. The number of carbonyl (C=O) groups is 1. The Bertz CT molecular complexity index is 624. The minimum atomic E-state index is -0.0167. The molecule has 21 heavy (non-hydrogen) atoms. The summed E-state index contributed by atoms with van der Waals surface area (Å²) in [5, 5.41) is 7.08. The zero-order valence-electron chi connectivity index (χ0n) is 11.6. The number of hydrogen-bond donors (Lipinski definition) is 2. The van der Waals surface area contributed by atoms with E-state index < -0.39 is 0 Å². The number of para-hydroxylation sites is 2. The number of hydrogen-bond acceptors (Lipinski definition) is 2. The average molecular weight is 323 g/mol. The molecule has 5 heteroatoms. The van der Waals surface area contributed by atoms with Crippen LogP contribution in [0.5, 0.6) is 0 Å². The summed E-state index contributed by atoms with van der Waals surface area (Å²) in [6.45, 7) is 2.51. The molecule has 0 bridgehead atoms. The van der Waals surface area contributed by atoms with Gasteiger partial charge in [-0.3, -0.25) is 4.79 Å². The van der Waals surface area contributed by atoms with Crippen LogP contribution in [0.2, 0.25) is 10.0 Å². The summed E-state index contributed by atoms with van der Waals surface area (Å²) in [6, 6.07) is 12.9. The van der Waals surface area contributed by atoms with Crippen molar-refractivity contribution >= 4 is 40.5 Å². The predicted molar refractivity (Wildman–Crippen MR) is 88.6 cm³/mol. The van der Waals surface area contributed by atoms with E-state index in [1.54, 1.807) is 18.2 Å². The van der Waals surface area contributed by atoms with Gasteiger partial charge in [-0.05, 0) is 30.7 Å².